The molecule has 6 heteroatoms. The second-order valence-electron chi connectivity index (χ2n) is 3.95. The fraction of sp³-hybridized carbons (Fsp3) is 0.700. The van der Waals surface area contributed by atoms with Crippen molar-refractivity contribution >= 4 is 35.3 Å². The first kappa shape index (κ1) is 14.2. The molecule has 0 saturated carbocycles. The van der Waals surface area contributed by atoms with Crippen molar-refractivity contribution < 1.29 is 0 Å². The van der Waals surface area contributed by atoms with Crippen molar-refractivity contribution in [2.75, 3.05) is 33.2 Å². The Kier molecular flexibility index (Phi) is 6.00. The Morgan fingerprint density at radius 1 is 1.38 bits per heavy atom. The van der Waals surface area contributed by atoms with E-state index in [0.717, 1.165) is 38.4 Å². The molecule has 0 atom stereocenters. The lowest BCUT2D eigenvalue weighted by Crippen LogP contribution is -2.43. The zero-order chi connectivity index (χ0) is 10.7. The van der Waals surface area contributed by atoms with Gasteiger partial charge in [0, 0.05) is 31.6 Å². The molecule has 0 unspecified atom stereocenters. The fourth-order valence-corrected chi connectivity index (χ4v) is 2.74. The number of nitrogens with zero attached hydrogens (tertiary/aromatic N) is 3. The summed E-state index contributed by atoms with van der Waals surface area (Å²) in [6.45, 7) is 5.59. The van der Waals surface area contributed by atoms with Gasteiger partial charge in [0.05, 0.1) is 18.1 Å². The van der Waals surface area contributed by atoms with Crippen LogP contribution < -0.4 is 0 Å². The highest BCUT2D eigenvalue weighted by Gasteiger charge is 2.15. The van der Waals surface area contributed by atoms with Crippen LogP contribution in [-0.4, -0.2) is 48.0 Å². The lowest BCUT2D eigenvalue weighted by molar-refractivity contribution is 0.148. The van der Waals surface area contributed by atoms with E-state index in [9.17, 15) is 0 Å². The van der Waals surface area contributed by atoms with Crippen LogP contribution in [0.2, 0.25) is 0 Å². The highest BCUT2D eigenvalue weighted by molar-refractivity contribution is 7.09. The molecular weight excluding hydrogens is 265 g/mol. The maximum Gasteiger partial charge on any atom is 0.107 e. The summed E-state index contributed by atoms with van der Waals surface area (Å²) in [6, 6.07) is 0. The lowest BCUT2D eigenvalue weighted by Gasteiger charge is -2.31. The molecule has 0 aromatic carbocycles. The SMILES string of the molecule is CN1CCN(Cc2nc(CCl)cs2)CC1.Cl. The highest BCUT2D eigenvalue weighted by atomic mass is 35.5. The molecule has 1 fully saturated rings. The maximum atomic E-state index is 5.73. The van der Waals surface area contributed by atoms with Gasteiger partial charge in [-0.2, -0.15) is 0 Å². The molecule has 92 valence electrons. The first-order valence-electron chi connectivity index (χ1n) is 5.18. The Morgan fingerprint density at radius 2 is 2.06 bits per heavy atom. The van der Waals surface area contributed by atoms with E-state index in [2.05, 4.69) is 27.2 Å². The molecule has 1 aromatic heterocycles. The third-order valence-electron chi connectivity index (χ3n) is 2.69. The normalized spacial score (nSPS) is 18.4. The van der Waals surface area contributed by atoms with Gasteiger partial charge in [-0.1, -0.05) is 0 Å². The molecule has 0 aliphatic carbocycles. The third-order valence-corrected chi connectivity index (χ3v) is 3.85. The van der Waals surface area contributed by atoms with Crippen LogP contribution in [-0.2, 0) is 12.4 Å². The molecule has 0 radical (unpaired) electrons. The summed E-state index contributed by atoms with van der Waals surface area (Å²) in [5.74, 6) is 0.527. The predicted octanol–water partition coefficient (Wildman–Crippen LogP) is 2.05. The predicted molar refractivity (Wildman–Crippen MR) is 71.7 cm³/mol. The van der Waals surface area contributed by atoms with Crippen LogP contribution in [0.1, 0.15) is 10.7 Å². The van der Waals surface area contributed by atoms with Crippen molar-refractivity contribution in [1.29, 1.82) is 0 Å². The molecule has 16 heavy (non-hydrogen) atoms. The van der Waals surface area contributed by atoms with Gasteiger partial charge in [0.1, 0.15) is 5.01 Å². The summed E-state index contributed by atoms with van der Waals surface area (Å²) in [6.07, 6.45) is 0. The molecule has 1 aromatic rings. The standard InChI is InChI=1S/C10H16ClN3S.ClH/c1-13-2-4-14(5-3-13)7-10-12-9(6-11)8-15-10;/h8H,2-7H2,1H3;1H. The van der Waals surface area contributed by atoms with Gasteiger partial charge < -0.3 is 4.90 Å². The minimum absolute atomic E-state index is 0. The van der Waals surface area contributed by atoms with Crippen molar-refractivity contribution in [3.05, 3.63) is 16.1 Å². The summed E-state index contributed by atoms with van der Waals surface area (Å²) >= 11 is 7.44. The second kappa shape index (κ2) is 6.77. The van der Waals surface area contributed by atoms with E-state index in [1.807, 2.05) is 0 Å². The average Bonchev–Trinajstić information content (AvgIpc) is 2.69. The number of hydrogen-bond acceptors (Lipinski definition) is 4. The van der Waals surface area contributed by atoms with Crippen molar-refractivity contribution in [2.45, 2.75) is 12.4 Å². The quantitative estimate of drug-likeness (QED) is 0.791. The number of aromatic nitrogens is 1. The topological polar surface area (TPSA) is 19.4 Å². The summed E-state index contributed by atoms with van der Waals surface area (Å²) in [5, 5.41) is 3.24. The smallest absolute Gasteiger partial charge is 0.107 e. The lowest BCUT2D eigenvalue weighted by atomic mass is 10.3. The third kappa shape index (κ3) is 3.86. The molecule has 3 nitrogen and oxygen atoms in total. The number of rotatable bonds is 3. The maximum absolute atomic E-state index is 5.73. The van der Waals surface area contributed by atoms with Crippen molar-refractivity contribution in [3.63, 3.8) is 0 Å². The zero-order valence-corrected chi connectivity index (χ0v) is 11.7. The molecule has 1 saturated heterocycles. The van der Waals surface area contributed by atoms with Gasteiger partial charge in [-0.05, 0) is 7.05 Å². The van der Waals surface area contributed by atoms with Crippen LogP contribution >= 0.6 is 35.3 Å². The van der Waals surface area contributed by atoms with E-state index in [-0.39, 0.29) is 12.4 Å². The van der Waals surface area contributed by atoms with E-state index in [4.69, 9.17) is 11.6 Å². The summed E-state index contributed by atoms with van der Waals surface area (Å²) in [7, 11) is 2.17. The van der Waals surface area contributed by atoms with E-state index in [0.29, 0.717) is 5.88 Å². The minimum atomic E-state index is 0. The van der Waals surface area contributed by atoms with Crippen molar-refractivity contribution in [1.82, 2.24) is 14.8 Å². The Balaban J connectivity index is 0.00000128. The van der Waals surface area contributed by atoms with Crippen LogP contribution in [0.15, 0.2) is 5.38 Å². The number of thiazole rings is 1. The molecule has 0 spiro atoms. The van der Waals surface area contributed by atoms with Gasteiger partial charge >= 0.3 is 0 Å². The minimum Gasteiger partial charge on any atom is -0.304 e. The van der Waals surface area contributed by atoms with Gasteiger partial charge in [-0.3, -0.25) is 4.90 Å². The van der Waals surface area contributed by atoms with Crippen molar-refractivity contribution in [2.24, 2.45) is 0 Å². The van der Waals surface area contributed by atoms with E-state index < -0.39 is 0 Å². The first-order chi connectivity index (χ1) is 7.28. The van der Waals surface area contributed by atoms with E-state index >= 15 is 0 Å². The molecule has 1 aliphatic heterocycles. The van der Waals surface area contributed by atoms with Gasteiger partial charge in [-0.15, -0.1) is 35.3 Å². The average molecular weight is 282 g/mol. The van der Waals surface area contributed by atoms with Crippen LogP contribution in [0.3, 0.4) is 0 Å². The Morgan fingerprint density at radius 3 is 2.62 bits per heavy atom. The second-order valence-corrected chi connectivity index (χ2v) is 5.16. The van der Waals surface area contributed by atoms with Crippen LogP contribution in [0.4, 0.5) is 0 Å². The molecule has 0 amide bonds. The molecular formula is C10H17Cl2N3S. The van der Waals surface area contributed by atoms with Crippen LogP contribution in [0.5, 0.6) is 0 Å². The summed E-state index contributed by atoms with van der Waals surface area (Å²) in [4.78, 5) is 9.29. The summed E-state index contributed by atoms with van der Waals surface area (Å²) in [5.41, 5.74) is 1.01. The van der Waals surface area contributed by atoms with Crippen LogP contribution in [0, 0.1) is 0 Å². The number of likely N-dealkylation sites (N-methyl/N-ethyl adjacent to an activating group) is 1. The van der Waals surface area contributed by atoms with Gasteiger partial charge in [0.15, 0.2) is 0 Å². The molecule has 0 N–H and O–H groups in total. The highest BCUT2D eigenvalue weighted by Crippen LogP contribution is 2.14. The van der Waals surface area contributed by atoms with Crippen molar-refractivity contribution in [3.8, 4) is 0 Å². The van der Waals surface area contributed by atoms with E-state index in [1.165, 1.54) is 5.01 Å². The largest absolute Gasteiger partial charge is 0.304 e. The summed E-state index contributed by atoms with van der Waals surface area (Å²) < 4.78 is 0. The van der Waals surface area contributed by atoms with Crippen LogP contribution in [0.25, 0.3) is 0 Å². The molecule has 2 heterocycles. The Hall–Kier alpha value is 0.130. The Bertz CT molecular complexity index is 311. The van der Waals surface area contributed by atoms with Gasteiger partial charge in [-0.25, -0.2) is 4.98 Å². The molecule has 0 bridgehead atoms. The van der Waals surface area contributed by atoms with Gasteiger partial charge in [0.2, 0.25) is 0 Å². The zero-order valence-electron chi connectivity index (χ0n) is 9.36. The number of alkyl halides is 1. The number of hydrogen-bond donors (Lipinski definition) is 0. The van der Waals surface area contributed by atoms with E-state index in [1.54, 1.807) is 11.3 Å². The monoisotopic (exact) mass is 281 g/mol. The molecule has 2 rings (SSSR count). The number of halogens is 2. The fourth-order valence-electron chi connectivity index (χ4n) is 1.68. The molecule has 1 aliphatic rings. The first-order valence-corrected chi connectivity index (χ1v) is 6.59. The Labute approximate surface area is 112 Å². The van der Waals surface area contributed by atoms with Gasteiger partial charge in [0.25, 0.3) is 0 Å². The number of piperazine rings is 1.